The summed E-state index contributed by atoms with van der Waals surface area (Å²) in [5.74, 6) is -0.223. The van der Waals surface area contributed by atoms with E-state index >= 15 is 0 Å². The molecule has 0 aliphatic heterocycles. The van der Waals surface area contributed by atoms with Crippen molar-refractivity contribution in [2.24, 2.45) is 0 Å². The highest BCUT2D eigenvalue weighted by atomic mass is 19.1. The number of H-pyrrole nitrogens is 2. The molecule has 3 N–H and O–H groups in total. The van der Waals surface area contributed by atoms with E-state index in [1.807, 2.05) is 31.2 Å². The molecule has 0 saturated carbocycles. The number of halogens is 1. The summed E-state index contributed by atoms with van der Waals surface area (Å²) in [6, 6.07) is 10.5. The van der Waals surface area contributed by atoms with Gasteiger partial charge in [-0.15, -0.1) is 0 Å². The lowest BCUT2D eigenvalue weighted by Crippen LogP contribution is -2.02. The van der Waals surface area contributed by atoms with E-state index in [1.54, 1.807) is 6.07 Å². The quantitative estimate of drug-likeness (QED) is 0.686. The third-order valence-corrected chi connectivity index (χ3v) is 3.20. The fourth-order valence-electron chi connectivity index (χ4n) is 2.18. The minimum Gasteiger partial charge on any atom is -0.381 e. The highest BCUT2D eigenvalue weighted by Gasteiger charge is 2.03. The Morgan fingerprint density at radius 3 is 2.75 bits per heavy atom. The maximum atomic E-state index is 13.6. The summed E-state index contributed by atoms with van der Waals surface area (Å²) in [5.41, 5.74) is 3.71. The number of hydrogen-bond donors (Lipinski definition) is 3. The summed E-state index contributed by atoms with van der Waals surface area (Å²) in [7, 11) is 0. The summed E-state index contributed by atoms with van der Waals surface area (Å²) >= 11 is 0. The van der Waals surface area contributed by atoms with E-state index in [0.29, 0.717) is 12.1 Å². The van der Waals surface area contributed by atoms with Crippen LogP contribution in [0.1, 0.15) is 11.1 Å². The zero-order valence-corrected chi connectivity index (χ0v) is 11.0. The Labute approximate surface area is 114 Å². The van der Waals surface area contributed by atoms with Crippen LogP contribution in [0.2, 0.25) is 0 Å². The Morgan fingerprint density at radius 1 is 1.10 bits per heavy atom. The van der Waals surface area contributed by atoms with Crippen LogP contribution in [0.15, 0.2) is 41.2 Å². The minimum absolute atomic E-state index is 0.223. The average molecular weight is 271 g/mol. The number of aromatic nitrogens is 2. The molecule has 0 radical (unpaired) electrons. The smallest absolute Gasteiger partial charge is 0.323 e. The van der Waals surface area contributed by atoms with Gasteiger partial charge in [-0.25, -0.2) is 9.18 Å². The maximum absolute atomic E-state index is 13.6. The summed E-state index contributed by atoms with van der Waals surface area (Å²) in [6.45, 7) is 2.33. The van der Waals surface area contributed by atoms with Crippen LogP contribution >= 0.6 is 0 Å². The van der Waals surface area contributed by atoms with Crippen LogP contribution < -0.4 is 11.0 Å². The molecule has 4 nitrogen and oxygen atoms in total. The van der Waals surface area contributed by atoms with E-state index < -0.39 is 0 Å². The second kappa shape index (κ2) is 4.85. The molecule has 0 fully saturated rings. The normalized spacial score (nSPS) is 10.9. The Balaban J connectivity index is 1.82. The van der Waals surface area contributed by atoms with Crippen LogP contribution in [0.3, 0.4) is 0 Å². The van der Waals surface area contributed by atoms with E-state index in [9.17, 15) is 9.18 Å². The SMILES string of the molecule is Cc1ccc(F)c(CNc2ccc3[nH]c(=O)[nH]c3c2)c1. The zero-order chi connectivity index (χ0) is 14.1. The molecule has 0 saturated heterocycles. The van der Waals surface area contributed by atoms with Crippen molar-refractivity contribution in [1.29, 1.82) is 0 Å². The fraction of sp³-hybridized carbons (Fsp3) is 0.133. The molecule has 0 spiro atoms. The highest BCUT2D eigenvalue weighted by Crippen LogP contribution is 2.17. The van der Waals surface area contributed by atoms with Gasteiger partial charge in [0.15, 0.2) is 0 Å². The lowest BCUT2D eigenvalue weighted by atomic mass is 10.1. The van der Waals surface area contributed by atoms with Gasteiger partial charge in [-0.1, -0.05) is 17.7 Å². The van der Waals surface area contributed by atoms with Gasteiger partial charge in [-0.3, -0.25) is 0 Å². The van der Waals surface area contributed by atoms with Gasteiger partial charge in [-0.05, 0) is 31.2 Å². The third-order valence-electron chi connectivity index (χ3n) is 3.20. The number of imidazole rings is 1. The number of aryl methyl sites for hydroxylation is 1. The first-order chi connectivity index (χ1) is 9.61. The van der Waals surface area contributed by atoms with Crippen LogP contribution in [0.4, 0.5) is 10.1 Å². The van der Waals surface area contributed by atoms with Gasteiger partial charge in [0.25, 0.3) is 0 Å². The van der Waals surface area contributed by atoms with Crippen molar-refractivity contribution in [1.82, 2.24) is 9.97 Å². The van der Waals surface area contributed by atoms with Crippen molar-refractivity contribution >= 4 is 16.7 Å². The molecule has 5 heteroatoms. The predicted octanol–water partition coefficient (Wildman–Crippen LogP) is 2.92. The number of hydrogen-bond acceptors (Lipinski definition) is 2. The van der Waals surface area contributed by atoms with Crippen molar-refractivity contribution in [2.75, 3.05) is 5.32 Å². The maximum Gasteiger partial charge on any atom is 0.323 e. The first kappa shape index (κ1) is 12.5. The Morgan fingerprint density at radius 2 is 1.90 bits per heavy atom. The first-order valence-corrected chi connectivity index (χ1v) is 6.33. The van der Waals surface area contributed by atoms with Gasteiger partial charge in [0.05, 0.1) is 11.0 Å². The Bertz CT molecular complexity index is 819. The summed E-state index contributed by atoms with van der Waals surface area (Å²) in [4.78, 5) is 16.6. The van der Waals surface area contributed by atoms with Gasteiger partial charge in [-0.2, -0.15) is 0 Å². The molecular formula is C15H14FN3O. The topological polar surface area (TPSA) is 60.7 Å². The molecular weight excluding hydrogens is 257 g/mol. The van der Waals surface area contributed by atoms with Crippen molar-refractivity contribution in [2.45, 2.75) is 13.5 Å². The Hall–Kier alpha value is -2.56. The van der Waals surface area contributed by atoms with Crippen LogP contribution in [0.5, 0.6) is 0 Å². The summed E-state index contributed by atoms with van der Waals surface area (Å²) in [6.07, 6.45) is 0. The molecule has 0 atom stereocenters. The van der Waals surface area contributed by atoms with Crippen molar-refractivity contribution in [3.05, 3.63) is 63.8 Å². The molecule has 0 bridgehead atoms. The molecule has 0 aliphatic carbocycles. The number of rotatable bonds is 3. The lowest BCUT2D eigenvalue weighted by Gasteiger charge is -2.08. The van der Waals surface area contributed by atoms with Gasteiger partial charge in [0, 0.05) is 17.8 Å². The van der Waals surface area contributed by atoms with Crippen LogP contribution in [-0.2, 0) is 6.54 Å². The number of anilines is 1. The molecule has 0 amide bonds. The average Bonchev–Trinajstić information content (AvgIpc) is 2.79. The molecule has 3 aromatic rings. The molecule has 0 aliphatic rings. The number of fused-ring (bicyclic) bond motifs is 1. The van der Waals surface area contributed by atoms with Crippen molar-refractivity contribution in [3.8, 4) is 0 Å². The van der Waals surface area contributed by atoms with E-state index in [0.717, 1.165) is 22.3 Å². The van der Waals surface area contributed by atoms with E-state index in [4.69, 9.17) is 0 Å². The lowest BCUT2D eigenvalue weighted by molar-refractivity contribution is 0.612. The summed E-state index contributed by atoms with van der Waals surface area (Å²) in [5, 5.41) is 3.15. The second-order valence-electron chi connectivity index (χ2n) is 4.79. The van der Waals surface area contributed by atoms with Gasteiger partial charge >= 0.3 is 5.69 Å². The predicted molar refractivity (Wildman–Crippen MR) is 77.4 cm³/mol. The molecule has 102 valence electrons. The zero-order valence-electron chi connectivity index (χ0n) is 11.0. The van der Waals surface area contributed by atoms with E-state index in [1.165, 1.54) is 6.07 Å². The minimum atomic E-state index is -0.234. The van der Waals surface area contributed by atoms with E-state index in [2.05, 4.69) is 15.3 Å². The van der Waals surface area contributed by atoms with Crippen LogP contribution in [-0.4, -0.2) is 9.97 Å². The van der Waals surface area contributed by atoms with Crippen LogP contribution in [0, 0.1) is 12.7 Å². The van der Waals surface area contributed by atoms with Crippen molar-refractivity contribution in [3.63, 3.8) is 0 Å². The molecule has 3 rings (SSSR count). The molecule has 2 aromatic carbocycles. The highest BCUT2D eigenvalue weighted by molar-refractivity contribution is 5.78. The van der Waals surface area contributed by atoms with Crippen LogP contribution in [0.25, 0.3) is 11.0 Å². The monoisotopic (exact) mass is 271 g/mol. The van der Waals surface area contributed by atoms with Crippen molar-refractivity contribution < 1.29 is 4.39 Å². The fourth-order valence-corrected chi connectivity index (χ4v) is 2.18. The van der Waals surface area contributed by atoms with Gasteiger partial charge in [0.1, 0.15) is 5.82 Å². The molecule has 1 heterocycles. The Kier molecular flexibility index (Phi) is 3.02. The number of benzene rings is 2. The first-order valence-electron chi connectivity index (χ1n) is 6.33. The molecule has 1 aromatic heterocycles. The van der Waals surface area contributed by atoms with Gasteiger partial charge in [0.2, 0.25) is 0 Å². The standard InChI is InChI=1S/C15H14FN3O/c1-9-2-4-12(16)10(6-9)8-17-11-3-5-13-14(7-11)19-15(20)18-13/h2-7,17H,8H2,1H3,(H2,18,19,20). The summed E-state index contributed by atoms with van der Waals surface area (Å²) < 4.78 is 13.6. The second-order valence-corrected chi connectivity index (χ2v) is 4.79. The van der Waals surface area contributed by atoms with E-state index in [-0.39, 0.29) is 11.5 Å². The van der Waals surface area contributed by atoms with Gasteiger partial charge < -0.3 is 15.3 Å². The number of aromatic amines is 2. The third kappa shape index (κ3) is 2.42. The molecule has 0 unspecified atom stereocenters. The molecule has 20 heavy (non-hydrogen) atoms. The largest absolute Gasteiger partial charge is 0.381 e. The number of nitrogens with one attached hydrogen (secondary N) is 3.